The van der Waals surface area contributed by atoms with Crippen molar-refractivity contribution in [2.24, 2.45) is 0 Å². The van der Waals surface area contributed by atoms with E-state index in [1.54, 1.807) is 50.6 Å². The Balaban J connectivity index is 1.82. The number of amides is 2. The number of rotatable bonds is 7. The molecule has 1 unspecified atom stereocenters. The fourth-order valence-electron chi connectivity index (χ4n) is 2.39. The minimum Gasteiger partial charge on any atom is -0.497 e. The highest BCUT2D eigenvalue weighted by atomic mass is 35.5. The molecule has 0 aromatic heterocycles. The number of benzene rings is 2. The minimum atomic E-state index is -0.184. The highest BCUT2D eigenvalue weighted by Gasteiger charge is 2.15. The molecule has 2 aromatic carbocycles. The van der Waals surface area contributed by atoms with Crippen molar-refractivity contribution in [2.45, 2.75) is 6.92 Å². The van der Waals surface area contributed by atoms with Gasteiger partial charge in [-0.3, -0.25) is 9.59 Å². The molecular formula is C19H23ClN3O3+. The zero-order valence-corrected chi connectivity index (χ0v) is 15.8. The molecule has 138 valence electrons. The maximum Gasteiger partial charge on any atom is 0.279 e. The van der Waals surface area contributed by atoms with Gasteiger partial charge in [0.1, 0.15) is 5.75 Å². The van der Waals surface area contributed by atoms with Crippen molar-refractivity contribution in [3.63, 3.8) is 0 Å². The predicted octanol–water partition coefficient (Wildman–Crippen LogP) is 1.75. The number of ether oxygens (including phenoxy) is 1. The van der Waals surface area contributed by atoms with Crippen molar-refractivity contribution < 1.29 is 19.2 Å². The van der Waals surface area contributed by atoms with Crippen LogP contribution in [0.4, 0.5) is 11.4 Å². The van der Waals surface area contributed by atoms with Crippen molar-refractivity contribution in [1.82, 2.24) is 0 Å². The van der Waals surface area contributed by atoms with Crippen molar-refractivity contribution in [3.8, 4) is 5.75 Å². The lowest BCUT2D eigenvalue weighted by atomic mass is 10.2. The van der Waals surface area contributed by atoms with Crippen LogP contribution in [0.5, 0.6) is 5.75 Å². The molecule has 2 amide bonds. The fraction of sp³-hybridized carbons (Fsp3) is 0.263. The summed E-state index contributed by atoms with van der Waals surface area (Å²) in [5, 5.41) is 6.18. The average molecular weight is 377 g/mol. The highest BCUT2D eigenvalue weighted by molar-refractivity contribution is 6.31. The summed E-state index contributed by atoms with van der Waals surface area (Å²) in [4.78, 5) is 25.0. The molecule has 0 saturated heterocycles. The first-order valence-electron chi connectivity index (χ1n) is 8.18. The van der Waals surface area contributed by atoms with Gasteiger partial charge >= 0.3 is 0 Å². The zero-order chi connectivity index (χ0) is 19.1. The van der Waals surface area contributed by atoms with Gasteiger partial charge in [0.25, 0.3) is 11.8 Å². The summed E-state index contributed by atoms with van der Waals surface area (Å²) in [6.45, 7) is 2.23. The Morgan fingerprint density at radius 2 is 1.65 bits per heavy atom. The van der Waals surface area contributed by atoms with E-state index in [4.69, 9.17) is 16.3 Å². The Bertz CT molecular complexity index is 795. The Morgan fingerprint density at radius 1 is 1.04 bits per heavy atom. The van der Waals surface area contributed by atoms with Gasteiger partial charge in [-0.1, -0.05) is 23.7 Å². The van der Waals surface area contributed by atoms with Crippen LogP contribution >= 0.6 is 11.6 Å². The van der Waals surface area contributed by atoms with Gasteiger partial charge in [-0.15, -0.1) is 0 Å². The third-order valence-electron chi connectivity index (χ3n) is 3.73. The van der Waals surface area contributed by atoms with E-state index in [9.17, 15) is 9.59 Å². The number of carbonyl (C=O) groups is 2. The second-order valence-corrected chi connectivity index (χ2v) is 6.51. The molecule has 0 aliphatic rings. The van der Waals surface area contributed by atoms with Gasteiger partial charge in [-0.05, 0) is 36.8 Å². The van der Waals surface area contributed by atoms with Crippen LogP contribution in [-0.4, -0.2) is 39.1 Å². The summed E-state index contributed by atoms with van der Waals surface area (Å²) in [7, 11) is 3.35. The fourth-order valence-corrected chi connectivity index (χ4v) is 2.57. The Labute approximate surface area is 158 Å². The molecule has 26 heavy (non-hydrogen) atoms. The summed E-state index contributed by atoms with van der Waals surface area (Å²) >= 11 is 6.05. The molecule has 3 N–H and O–H groups in total. The molecule has 0 fully saturated rings. The number of likely N-dealkylation sites (N-methyl/N-ethyl adjacent to an activating group) is 1. The smallest absolute Gasteiger partial charge is 0.279 e. The number of anilines is 2. The zero-order valence-electron chi connectivity index (χ0n) is 15.1. The normalized spacial score (nSPS) is 11.5. The van der Waals surface area contributed by atoms with Gasteiger partial charge in [-0.25, -0.2) is 0 Å². The van der Waals surface area contributed by atoms with Crippen molar-refractivity contribution in [2.75, 3.05) is 37.9 Å². The monoisotopic (exact) mass is 376 g/mol. The van der Waals surface area contributed by atoms with Gasteiger partial charge < -0.3 is 20.3 Å². The maximum atomic E-state index is 12.1. The quantitative estimate of drug-likeness (QED) is 0.689. The third-order valence-corrected chi connectivity index (χ3v) is 4.14. The number of halogens is 1. The highest BCUT2D eigenvalue weighted by Crippen LogP contribution is 2.19. The lowest BCUT2D eigenvalue weighted by Crippen LogP contribution is -3.11. The topological polar surface area (TPSA) is 71.9 Å². The van der Waals surface area contributed by atoms with Gasteiger partial charge in [0.05, 0.1) is 14.2 Å². The number of aryl methyl sites for hydroxylation is 1. The number of carbonyl (C=O) groups excluding carboxylic acids is 2. The van der Waals surface area contributed by atoms with Crippen LogP contribution in [0.2, 0.25) is 5.02 Å². The third kappa shape index (κ3) is 6.06. The average Bonchev–Trinajstić information content (AvgIpc) is 2.57. The molecule has 6 nitrogen and oxygen atoms in total. The number of methoxy groups -OCH3 is 1. The Morgan fingerprint density at radius 3 is 2.23 bits per heavy atom. The molecule has 0 spiro atoms. The summed E-state index contributed by atoms with van der Waals surface area (Å²) in [5.74, 6) is 0.304. The number of hydrogen-bond acceptors (Lipinski definition) is 3. The van der Waals surface area contributed by atoms with Crippen LogP contribution in [0.3, 0.4) is 0 Å². The number of nitrogens with one attached hydrogen (secondary N) is 3. The van der Waals surface area contributed by atoms with Crippen LogP contribution < -0.4 is 20.3 Å². The van der Waals surface area contributed by atoms with E-state index in [1.165, 1.54) is 0 Å². The van der Waals surface area contributed by atoms with E-state index in [1.807, 2.05) is 13.0 Å². The first-order valence-corrected chi connectivity index (χ1v) is 8.56. The molecule has 1 atom stereocenters. The van der Waals surface area contributed by atoms with Crippen LogP contribution in [0, 0.1) is 6.92 Å². The first kappa shape index (κ1) is 19.8. The molecule has 2 aromatic rings. The van der Waals surface area contributed by atoms with Crippen LogP contribution in [0.25, 0.3) is 0 Å². The van der Waals surface area contributed by atoms with Crippen LogP contribution in [-0.2, 0) is 9.59 Å². The second-order valence-electron chi connectivity index (χ2n) is 6.10. The first-order chi connectivity index (χ1) is 12.4. The van der Waals surface area contributed by atoms with E-state index in [0.717, 1.165) is 10.5 Å². The predicted molar refractivity (Wildman–Crippen MR) is 103 cm³/mol. The largest absolute Gasteiger partial charge is 0.497 e. The SMILES string of the molecule is COc1cccc(NC(=O)C[NH+](C)CC(=O)Nc2ccc(C)c(Cl)c2)c1. The van der Waals surface area contributed by atoms with E-state index >= 15 is 0 Å². The van der Waals surface area contributed by atoms with E-state index in [-0.39, 0.29) is 24.9 Å². The second kappa shape index (κ2) is 9.22. The summed E-state index contributed by atoms with van der Waals surface area (Å²) in [6.07, 6.45) is 0. The number of hydrogen-bond donors (Lipinski definition) is 3. The molecule has 0 saturated carbocycles. The van der Waals surface area contributed by atoms with Gasteiger partial charge in [0.2, 0.25) is 0 Å². The van der Waals surface area contributed by atoms with Gasteiger partial charge in [0, 0.05) is 22.5 Å². The van der Waals surface area contributed by atoms with E-state index < -0.39 is 0 Å². The molecule has 7 heteroatoms. The number of quaternary nitrogens is 1. The lowest BCUT2D eigenvalue weighted by molar-refractivity contribution is -0.862. The van der Waals surface area contributed by atoms with Gasteiger partial charge in [0.15, 0.2) is 13.1 Å². The van der Waals surface area contributed by atoms with Crippen molar-refractivity contribution in [3.05, 3.63) is 53.1 Å². The molecule has 0 aliphatic heterocycles. The van der Waals surface area contributed by atoms with Gasteiger partial charge in [-0.2, -0.15) is 0 Å². The Hall–Kier alpha value is -2.57. The molecule has 0 bridgehead atoms. The van der Waals surface area contributed by atoms with E-state index in [0.29, 0.717) is 22.1 Å². The summed E-state index contributed by atoms with van der Waals surface area (Å²) in [5.41, 5.74) is 2.24. The van der Waals surface area contributed by atoms with Crippen LogP contribution in [0.15, 0.2) is 42.5 Å². The standard InChI is InChI=1S/C19H22ClN3O3/c1-13-7-8-15(10-17(13)20)22-19(25)12-23(2)11-18(24)21-14-5-4-6-16(9-14)26-3/h4-10H,11-12H2,1-3H3,(H,21,24)(H,22,25)/p+1. The molecule has 0 aliphatic carbocycles. The maximum absolute atomic E-state index is 12.1. The van der Waals surface area contributed by atoms with Crippen molar-refractivity contribution in [1.29, 1.82) is 0 Å². The minimum absolute atomic E-state index is 0.164. The lowest BCUT2D eigenvalue weighted by Gasteiger charge is -2.14. The Kier molecular flexibility index (Phi) is 7.00. The molecule has 0 heterocycles. The van der Waals surface area contributed by atoms with Crippen molar-refractivity contribution >= 4 is 34.8 Å². The van der Waals surface area contributed by atoms with Crippen LogP contribution in [0.1, 0.15) is 5.56 Å². The van der Waals surface area contributed by atoms with E-state index in [2.05, 4.69) is 10.6 Å². The molecule has 0 radical (unpaired) electrons. The summed E-state index contributed by atoms with van der Waals surface area (Å²) in [6, 6.07) is 12.5. The summed E-state index contributed by atoms with van der Waals surface area (Å²) < 4.78 is 5.12. The molecular weight excluding hydrogens is 354 g/mol. The molecule has 2 rings (SSSR count).